The molecule has 2 aromatic rings. The van der Waals surface area contributed by atoms with Crippen molar-refractivity contribution < 1.29 is 24.2 Å². The molecular weight excluding hydrogens is 332 g/mol. The van der Waals surface area contributed by atoms with Gasteiger partial charge in [0.25, 0.3) is 0 Å². The van der Waals surface area contributed by atoms with Gasteiger partial charge < -0.3 is 24.7 Å². The number of rotatable bonds is 8. The molecule has 0 spiro atoms. The van der Waals surface area contributed by atoms with E-state index in [0.29, 0.717) is 22.2 Å². The molecule has 0 radical (unpaired) electrons. The number of amides is 1. The molecule has 0 atom stereocenters. The molecule has 0 aliphatic rings. The van der Waals surface area contributed by atoms with Gasteiger partial charge in [-0.2, -0.15) is 0 Å². The lowest BCUT2D eigenvalue weighted by Crippen LogP contribution is -2.25. The molecule has 0 saturated heterocycles. The van der Waals surface area contributed by atoms with Crippen LogP contribution in [0.4, 0.5) is 0 Å². The van der Waals surface area contributed by atoms with Crippen molar-refractivity contribution in [3.05, 3.63) is 39.8 Å². The number of hydrogen-bond acceptors (Lipinski definition) is 7. The van der Waals surface area contributed by atoms with Gasteiger partial charge in [-0.3, -0.25) is 4.79 Å². The highest BCUT2D eigenvalue weighted by Crippen LogP contribution is 2.30. The molecular formula is C16H17N2O5S-. The second-order valence-corrected chi connectivity index (χ2v) is 5.83. The van der Waals surface area contributed by atoms with Gasteiger partial charge in [0.1, 0.15) is 5.01 Å². The standard InChI is InChI=1S/C16H18N2O5S/c1-22-12-5-3-4-10(16(12)23-2)8-17-13(19)7-14-18-11(9-24-14)6-15(20)21/h3-5,9H,6-8H2,1-2H3,(H,17,19)(H,20,21)/p-1. The van der Waals surface area contributed by atoms with E-state index in [1.54, 1.807) is 18.6 Å². The number of carbonyl (C=O) groups excluding carboxylic acids is 2. The third-order valence-electron chi connectivity index (χ3n) is 3.20. The highest BCUT2D eigenvalue weighted by molar-refractivity contribution is 7.09. The second kappa shape index (κ2) is 8.30. The van der Waals surface area contributed by atoms with Crippen LogP contribution >= 0.6 is 11.3 Å². The van der Waals surface area contributed by atoms with Crippen LogP contribution in [-0.4, -0.2) is 31.1 Å². The minimum Gasteiger partial charge on any atom is -0.550 e. The molecule has 1 heterocycles. The number of carbonyl (C=O) groups is 2. The summed E-state index contributed by atoms with van der Waals surface area (Å²) in [6.07, 6.45) is -0.164. The van der Waals surface area contributed by atoms with E-state index >= 15 is 0 Å². The zero-order valence-corrected chi connectivity index (χ0v) is 14.1. The molecule has 0 fully saturated rings. The molecule has 0 unspecified atom stereocenters. The molecule has 0 aliphatic carbocycles. The van der Waals surface area contributed by atoms with Crippen molar-refractivity contribution >= 4 is 23.2 Å². The molecule has 8 heteroatoms. The molecule has 2 rings (SSSR count). The van der Waals surface area contributed by atoms with E-state index in [0.717, 1.165) is 5.56 Å². The molecule has 1 aromatic carbocycles. The normalized spacial score (nSPS) is 10.2. The van der Waals surface area contributed by atoms with Crippen LogP contribution < -0.4 is 19.9 Å². The van der Waals surface area contributed by atoms with E-state index in [1.807, 2.05) is 12.1 Å². The topological polar surface area (TPSA) is 101 Å². The summed E-state index contributed by atoms with van der Waals surface area (Å²) in [5.74, 6) is -0.238. The van der Waals surface area contributed by atoms with Crippen molar-refractivity contribution in [1.82, 2.24) is 10.3 Å². The number of carboxylic acid groups (broad SMARTS) is 1. The van der Waals surface area contributed by atoms with E-state index in [1.165, 1.54) is 18.4 Å². The molecule has 24 heavy (non-hydrogen) atoms. The van der Waals surface area contributed by atoms with Crippen LogP contribution in [-0.2, 0) is 29.0 Å². The number of aliphatic carboxylic acids is 1. The number of ether oxygens (including phenoxy) is 2. The predicted octanol–water partition coefficient (Wildman–Crippen LogP) is 0.312. The Morgan fingerprint density at radius 1 is 1.25 bits per heavy atom. The largest absolute Gasteiger partial charge is 0.550 e. The Morgan fingerprint density at radius 2 is 2.04 bits per heavy atom. The summed E-state index contributed by atoms with van der Waals surface area (Å²) in [7, 11) is 3.09. The van der Waals surface area contributed by atoms with E-state index in [4.69, 9.17) is 9.47 Å². The number of methoxy groups -OCH3 is 2. The fourth-order valence-electron chi connectivity index (χ4n) is 2.15. The van der Waals surface area contributed by atoms with Gasteiger partial charge in [0.05, 0.1) is 26.3 Å². The molecule has 7 nitrogen and oxygen atoms in total. The van der Waals surface area contributed by atoms with E-state index < -0.39 is 5.97 Å². The number of para-hydroxylation sites is 1. The smallest absolute Gasteiger partial charge is 0.227 e. The minimum absolute atomic E-state index is 0.0873. The number of carboxylic acids is 1. The number of hydrogen-bond donors (Lipinski definition) is 1. The minimum atomic E-state index is -1.19. The third-order valence-corrected chi connectivity index (χ3v) is 4.09. The molecule has 0 saturated carbocycles. The summed E-state index contributed by atoms with van der Waals surface area (Å²) in [5, 5.41) is 15.5. The first-order chi connectivity index (χ1) is 11.5. The van der Waals surface area contributed by atoms with Crippen LogP contribution in [0.25, 0.3) is 0 Å². The number of aromatic nitrogens is 1. The lowest BCUT2D eigenvalue weighted by molar-refractivity contribution is -0.304. The number of nitrogens with zero attached hydrogens (tertiary/aromatic N) is 1. The number of benzene rings is 1. The average molecular weight is 349 g/mol. The Labute approximate surface area is 143 Å². The van der Waals surface area contributed by atoms with Gasteiger partial charge in [-0.25, -0.2) is 4.98 Å². The quantitative estimate of drug-likeness (QED) is 0.736. The summed E-state index contributed by atoms with van der Waals surface area (Å²) in [5.41, 5.74) is 1.19. The van der Waals surface area contributed by atoms with Gasteiger partial charge in [-0.1, -0.05) is 12.1 Å². The van der Waals surface area contributed by atoms with Crippen molar-refractivity contribution in [2.45, 2.75) is 19.4 Å². The first-order valence-electron chi connectivity index (χ1n) is 7.13. The van der Waals surface area contributed by atoms with Crippen LogP contribution in [0.5, 0.6) is 11.5 Å². The summed E-state index contributed by atoms with van der Waals surface area (Å²) < 4.78 is 10.5. The summed E-state index contributed by atoms with van der Waals surface area (Å²) >= 11 is 1.25. The van der Waals surface area contributed by atoms with Gasteiger partial charge in [0.2, 0.25) is 5.91 Å². The molecule has 1 N–H and O–H groups in total. The molecule has 1 aromatic heterocycles. The van der Waals surface area contributed by atoms with Gasteiger partial charge in [0.15, 0.2) is 11.5 Å². The lowest BCUT2D eigenvalue weighted by atomic mass is 10.2. The molecule has 128 valence electrons. The Hall–Kier alpha value is -2.61. The van der Waals surface area contributed by atoms with Crippen molar-refractivity contribution in [3.8, 4) is 11.5 Å². The average Bonchev–Trinajstić information content (AvgIpc) is 2.98. The fraction of sp³-hybridized carbons (Fsp3) is 0.312. The maximum absolute atomic E-state index is 12.0. The Kier molecular flexibility index (Phi) is 6.14. The van der Waals surface area contributed by atoms with E-state index in [2.05, 4.69) is 10.3 Å². The monoisotopic (exact) mass is 349 g/mol. The van der Waals surface area contributed by atoms with Crippen LogP contribution in [0.2, 0.25) is 0 Å². The van der Waals surface area contributed by atoms with Crippen LogP contribution in [0.3, 0.4) is 0 Å². The molecule has 0 bridgehead atoms. The Bertz CT molecular complexity index is 729. The third kappa shape index (κ3) is 4.69. The highest BCUT2D eigenvalue weighted by Gasteiger charge is 2.12. The maximum atomic E-state index is 12.0. The SMILES string of the molecule is COc1cccc(CNC(=O)Cc2nc(CC(=O)[O-])cs2)c1OC. The predicted molar refractivity (Wildman–Crippen MR) is 85.9 cm³/mol. The first kappa shape index (κ1) is 17.7. The highest BCUT2D eigenvalue weighted by atomic mass is 32.1. The van der Waals surface area contributed by atoms with Crippen LogP contribution in [0, 0.1) is 0 Å². The summed E-state index contributed by atoms with van der Waals surface area (Å²) in [6, 6.07) is 5.43. The first-order valence-corrected chi connectivity index (χ1v) is 8.01. The molecule has 1 amide bonds. The van der Waals surface area contributed by atoms with Gasteiger partial charge in [0, 0.05) is 29.9 Å². The Morgan fingerprint density at radius 3 is 2.71 bits per heavy atom. The number of thiazole rings is 1. The van der Waals surface area contributed by atoms with E-state index in [-0.39, 0.29) is 25.3 Å². The van der Waals surface area contributed by atoms with E-state index in [9.17, 15) is 14.7 Å². The van der Waals surface area contributed by atoms with Crippen LogP contribution in [0.15, 0.2) is 23.6 Å². The Balaban J connectivity index is 1.94. The number of nitrogens with one attached hydrogen (secondary N) is 1. The van der Waals surface area contributed by atoms with Crippen molar-refractivity contribution in [1.29, 1.82) is 0 Å². The maximum Gasteiger partial charge on any atom is 0.227 e. The van der Waals surface area contributed by atoms with Gasteiger partial charge in [-0.15, -0.1) is 11.3 Å². The zero-order valence-electron chi connectivity index (χ0n) is 13.3. The van der Waals surface area contributed by atoms with Crippen molar-refractivity contribution in [3.63, 3.8) is 0 Å². The fourth-order valence-corrected chi connectivity index (χ4v) is 2.94. The second-order valence-electron chi connectivity index (χ2n) is 4.89. The molecule has 0 aliphatic heterocycles. The van der Waals surface area contributed by atoms with Gasteiger partial charge >= 0.3 is 0 Å². The summed E-state index contributed by atoms with van der Waals surface area (Å²) in [6.45, 7) is 0.288. The van der Waals surface area contributed by atoms with Crippen molar-refractivity contribution in [2.75, 3.05) is 14.2 Å². The van der Waals surface area contributed by atoms with Crippen molar-refractivity contribution in [2.24, 2.45) is 0 Å². The lowest BCUT2D eigenvalue weighted by Gasteiger charge is -2.12. The summed E-state index contributed by atoms with van der Waals surface area (Å²) in [4.78, 5) is 26.6. The van der Waals surface area contributed by atoms with Crippen LogP contribution in [0.1, 0.15) is 16.3 Å². The van der Waals surface area contributed by atoms with Gasteiger partial charge in [-0.05, 0) is 6.07 Å². The zero-order chi connectivity index (χ0) is 17.5.